The predicted molar refractivity (Wildman–Crippen MR) is 64.0 cm³/mol. The Morgan fingerprint density at radius 3 is 2.82 bits per heavy atom. The number of anilines is 1. The van der Waals surface area contributed by atoms with Crippen LogP contribution in [0, 0.1) is 11.8 Å². The molecule has 92 valence electrons. The lowest BCUT2D eigenvalue weighted by Gasteiger charge is -2.19. The number of carboxylic acids is 1. The molecule has 0 amide bonds. The van der Waals surface area contributed by atoms with Crippen LogP contribution in [0.4, 0.5) is 5.95 Å². The average molecular weight is 235 g/mol. The Morgan fingerprint density at radius 2 is 2.24 bits per heavy atom. The maximum atomic E-state index is 10.8. The van der Waals surface area contributed by atoms with Gasteiger partial charge in [0.1, 0.15) is 0 Å². The summed E-state index contributed by atoms with van der Waals surface area (Å²) in [5, 5.41) is 12.1. The molecule has 2 N–H and O–H groups in total. The molecule has 1 aromatic rings. The second-order valence-electron chi connectivity index (χ2n) is 4.74. The van der Waals surface area contributed by atoms with E-state index >= 15 is 0 Å². The standard InChI is InChI=1S/C12H17N3O2/c1-7-3-4-9(8(7)2)14-12-13-6-5-10(15-12)11(16)17/h5-9H,3-4H2,1-2H3,(H,16,17)(H,13,14,15). The number of carboxylic acid groups (broad SMARTS) is 1. The topological polar surface area (TPSA) is 75.1 Å². The third kappa shape index (κ3) is 2.54. The van der Waals surface area contributed by atoms with Gasteiger partial charge in [-0.25, -0.2) is 14.8 Å². The summed E-state index contributed by atoms with van der Waals surface area (Å²) in [4.78, 5) is 18.8. The van der Waals surface area contributed by atoms with Gasteiger partial charge in [0.15, 0.2) is 5.69 Å². The highest BCUT2D eigenvalue weighted by molar-refractivity contribution is 5.85. The SMILES string of the molecule is CC1CCC(Nc2nccc(C(=O)O)n2)C1C. The van der Waals surface area contributed by atoms with Crippen molar-refractivity contribution >= 4 is 11.9 Å². The van der Waals surface area contributed by atoms with Gasteiger partial charge < -0.3 is 10.4 Å². The summed E-state index contributed by atoms with van der Waals surface area (Å²) < 4.78 is 0. The van der Waals surface area contributed by atoms with Gasteiger partial charge in [-0.05, 0) is 30.7 Å². The minimum Gasteiger partial charge on any atom is -0.477 e. The van der Waals surface area contributed by atoms with Crippen molar-refractivity contribution in [1.29, 1.82) is 0 Å². The van der Waals surface area contributed by atoms with Crippen LogP contribution in [0.1, 0.15) is 37.2 Å². The number of aromatic carboxylic acids is 1. The summed E-state index contributed by atoms with van der Waals surface area (Å²) in [5.74, 6) is 0.640. The lowest BCUT2D eigenvalue weighted by molar-refractivity contribution is 0.0690. The van der Waals surface area contributed by atoms with Crippen molar-refractivity contribution in [2.75, 3.05) is 5.32 Å². The Hall–Kier alpha value is -1.65. The van der Waals surface area contributed by atoms with Crippen molar-refractivity contribution in [1.82, 2.24) is 9.97 Å². The Balaban J connectivity index is 2.08. The van der Waals surface area contributed by atoms with Gasteiger partial charge in [0.2, 0.25) is 5.95 Å². The molecular weight excluding hydrogens is 218 g/mol. The first-order chi connectivity index (χ1) is 8.08. The van der Waals surface area contributed by atoms with Crippen molar-refractivity contribution < 1.29 is 9.90 Å². The molecule has 2 rings (SSSR count). The summed E-state index contributed by atoms with van der Waals surface area (Å²) in [5.41, 5.74) is 0.0289. The van der Waals surface area contributed by atoms with E-state index in [0.717, 1.165) is 6.42 Å². The second-order valence-corrected chi connectivity index (χ2v) is 4.74. The molecule has 0 bridgehead atoms. The molecule has 1 aliphatic rings. The summed E-state index contributed by atoms with van der Waals surface area (Å²) in [6.07, 6.45) is 3.75. The molecule has 1 saturated carbocycles. The highest BCUT2D eigenvalue weighted by Crippen LogP contribution is 2.32. The first kappa shape index (κ1) is 11.8. The van der Waals surface area contributed by atoms with Crippen LogP contribution < -0.4 is 5.32 Å². The third-order valence-corrected chi connectivity index (χ3v) is 3.65. The molecule has 0 aromatic carbocycles. The van der Waals surface area contributed by atoms with Gasteiger partial charge >= 0.3 is 5.97 Å². The average Bonchev–Trinajstić information content (AvgIpc) is 2.61. The molecule has 3 unspecified atom stereocenters. The van der Waals surface area contributed by atoms with Crippen LogP contribution in [0.25, 0.3) is 0 Å². The van der Waals surface area contributed by atoms with E-state index in [1.807, 2.05) is 0 Å². The number of nitrogens with one attached hydrogen (secondary N) is 1. The van der Waals surface area contributed by atoms with Gasteiger partial charge in [-0.3, -0.25) is 0 Å². The van der Waals surface area contributed by atoms with Crippen molar-refractivity contribution in [2.45, 2.75) is 32.7 Å². The molecule has 0 spiro atoms. The fourth-order valence-corrected chi connectivity index (χ4v) is 2.28. The van der Waals surface area contributed by atoms with Gasteiger partial charge in [-0.1, -0.05) is 13.8 Å². The first-order valence-electron chi connectivity index (χ1n) is 5.91. The van der Waals surface area contributed by atoms with E-state index in [1.54, 1.807) is 0 Å². The molecule has 1 fully saturated rings. The third-order valence-electron chi connectivity index (χ3n) is 3.65. The van der Waals surface area contributed by atoms with E-state index in [1.165, 1.54) is 18.7 Å². The maximum absolute atomic E-state index is 10.8. The van der Waals surface area contributed by atoms with Crippen LogP contribution in [-0.2, 0) is 0 Å². The van der Waals surface area contributed by atoms with Crippen LogP contribution >= 0.6 is 0 Å². The van der Waals surface area contributed by atoms with Crippen molar-refractivity contribution in [3.05, 3.63) is 18.0 Å². The highest BCUT2D eigenvalue weighted by Gasteiger charge is 2.30. The fraction of sp³-hybridized carbons (Fsp3) is 0.583. The zero-order valence-electron chi connectivity index (χ0n) is 10.1. The monoisotopic (exact) mass is 235 g/mol. The van der Waals surface area contributed by atoms with E-state index in [9.17, 15) is 4.79 Å². The molecule has 0 radical (unpaired) electrons. The summed E-state index contributed by atoms with van der Waals surface area (Å²) in [7, 11) is 0. The lowest BCUT2D eigenvalue weighted by atomic mass is 9.98. The molecule has 0 saturated heterocycles. The first-order valence-corrected chi connectivity index (χ1v) is 5.91. The Kier molecular flexibility index (Phi) is 3.26. The zero-order chi connectivity index (χ0) is 12.4. The van der Waals surface area contributed by atoms with Gasteiger partial charge in [0.05, 0.1) is 0 Å². The Labute approximate surface area is 100 Å². The zero-order valence-corrected chi connectivity index (χ0v) is 10.1. The molecule has 17 heavy (non-hydrogen) atoms. The van der Waals surface area contributed by atoms with E-state index in [4.69, 9.17) is 5.11 Å². The number of nitrogens with zero attached hydrogens (tertiary/aromatic N) is 2. The lowest BCUT2D eigenvalue weighted by Crippen LogP contribution is -2.25. The second kappa shape index (κ2) is 4.69. The number of aromatic nitrogens is 2. The maximum Gasteiger partial charge on any atom is 0.354 e. The smallest absolute Gasteiger partial charge is 0.354 e. The largest absolute Gasteiger partial charge is 0.477 e. The van der Waals surface area contributed by atoms with Crippen LogP contribution in [0.2, 0.25) is 0 Å². The molecule has 5 nitrogen and oxygen atoms in total. The van der Waals surface area contributed by atoms with Crippen LogP contribution in [0.5, 0.6) is 0 Å². The molecule has 1 heterocycles. The number of carbonyl (C=O) groups is 1. The van der Waals surface area contributed by atoms with Crippen LogP contribution in [0.15, 0.2) is 12.3 Å². The number of hydrogen-bond donors (Lipinski definition) is 2. The van der Waals surface area contributed by atoms with Crippen molar-refractivity contribution in [2.24, 2.45) is 11.8 Å². The number of rotatable bonds is 3. The fourth-order valence-electron chi connectivity index (χ4n) is 2.28. The van der Waals surface area contributed by atoms with Gasteiger partial charge in [0, 0.05) is 12.2 Å². The van der Waals surface area contributed by atoms with Crippen molar-refractivity contribution in [3.8, 4) is 0 Å². The quantitative estimate of drug-likeness (QED) is 0.838. The van der Waals surface area contributed by atoms with Crippen LogP contribution in [-0.4, -0.2) is 27.1 Å². The predicted octanol–water partition coefficient (Wildman–Crippen LogP) is 2.02. The van der Waals surface area contributed by atoms with E-state index < -0.39 is 5.97 Å². The number of hydrogen-bond acceptors (Lipinski definition) is 4. The van der Waals surface area contributed by atoms with Gasteiger partial charge in [-0.15, -0.1) is 0 Å². The molecule has 5 heteroatoms. The summed E-state index contributed by atoms with van der Waals surface area (Å²) in [6.45, 7) is 4.44. The molecule has 3 atom stereocenters. The van der Waals surface area contributed by atoms with Gasteiger partial charge in [0.25, 0.3) is 0 Å². The minimum absolute atomic E-state index is 0.0289. The van der Waals surface area contributed by atoms with E-state index in [0.29, 0.717) is 23.8 Å². The molecule has 0 aliphatic heterocycles. The van der Waals surface area contributed by atoms with Crippen LogP contribution in [0.3, 0.4) is 0 Å². The Bertz CT molecular complexity index is 422. The summed E-state index contributed by atoms with van der Waals surface area (Å²) in [6, 6.07) is 1.74. The Morgan fingerprint density at radius 1 is 1.47 bits per heavy atom. The molecule has 1 aromatic heterocycles. The normalized spacial score (nSPS) is 28.0. The van der Waals surface area contributed by atoms with E-state index in [-0.39, 0.29) is 5.69 Å². The van der Waals surface area contributed by atoms with Crippen molar-refractivity contribution in [3.63, 3.8) is 0 Å². The molecule has 1 aliphatic carbocycles. The van der Waals surface area contributed by atoms with Gasteiger partial charge in [-0.2, -0.15) is 0 Å². The molecular formula is C12H17N3O2. The van der Waals surface area contributed by atoms with E-state index in [2.05, 4.69) is 29.1 Å². The minimum atomic E-state index is -1.02. The summed E-state index contributed by atoms with van der Waals surface area (Å²) >= 11 is 0. The highest BCUT2D eigenvalue weighted by atomic mass is 16.4.